The van der Waals surface area contributed by atoms with Crippen molar-refractivity contribution in [1.82, 2.24) is 9.71 Å². The van der Waals surface area contributed by atoms with E-state index in [0.717, 1.165) is 33.3 Å². The molecule has 146 valence electrons. The molecule has 2 aromatic carbocycles. The topological polar surface area (TPSA) is 83.5 Å². The number of aryl methyl sites for hydroxylation is 3. The molecule has 0 saturated heterocycles. The van der Waals surface area contributed by atoms with Crippen molar-refractivity contribution in [2.75, 3.05) is 12.5 Å². The molecule has 0 radical (unpaired) electrons. The van der Waals surface area contributed by atoms with E-state index in [1.165, 1.54) is 12.6 Å². The molecule has 28 heavy (non-hydrogen) atoms. The molecule has 1 aromatic heterocycles. The average molecular weight is 397 g/mol. The van der Waals surface area contributed by atoms with Crippen molar-refractivity contribution >= 4 is 32.5 Å². The second-order valence-corrected chi connectivity index (χ2v) is 8.73. The number of sulfonamides is 1. The van der Waals surface area contributed by atoms with Crippen molar-refractivity contribution in [1.29, 1.82) is 0 Å². The van der Waals surface area contributed by atoms with E-state index in [0.29, 0.717) is 5.82 Å². The Balaban J connectivity index is 1.87. The van der Waals surface area contributed by atoms with Crippen molar-refractivity contribution < 1.29 is 8.42 Å². The Labute approximate surface area is 165 Å². The highest BCUT2D eigenvalue weighted by Gasteiger charge is 2.11. The second-order valence-electron chi connectivity index (χ2n) is 6.84. The molecule has 0 aliphatic carbocycles. The van der Waals surface area contributed by atoms with Crippen LogP contribution in [-0.2, 0) is 10.0 Å². The third-order valence-electron chi connectivity index (χ3n) is 4.64. The molecule has 0 amide bonds. The molecule has 0 aliphatic heterocycles. The van der Waals surface area contributed by atoms with Gasteiger partial charge in [-0.1, -0.05) is 23.8 Å². The van der Waals surface area contributed by atoms with Gasteiger partial charge in [-0.25, -0.2) is 18.1 Å². The second kappa shape index (κ2) is 7.69. The minimum absolute atomic E-state index is 0.220. The highest BCUT2D eigenvalue weighted by molar-refractivity contribution is 7.89. The smallest absolute Gasteiger partial charge is 0.240 e. The normalized spacial score (nSPS) is 12.4. The molecular formula is C21H24N4O2S. The lowest BCUT2D eigenvalue weighted by atomic mass is 10.0. The van der Waals surface area contributed by atoms with E-state index in [2.05, 4.69) is 48.2 Å². The lowest BCUT2D eigenvalue weighted by Crippen LogP contribution is -2.18. The number of nitrogens with one attached hydrogen (secondary N) is 2. The molecular weight excluding hydrogens is 372 g/mol. The van der Waals surface area contributed by atoms with Crippen molar-refractivity contribution in [3.63, 3.8) is 0 Å². The maximum absolute atomic E-state index is 11.8. The van der Waals surface area contributed by atoms with Crippen molar-refractivity contribution in [3.8, 4) is 0 Å². The summed E-state index contributed by atoms with van der Waals surface area (Å²) in [5, 5.41) is 5.55. The SMILES string of the molecule is CNS(=O)(=O)c1ccc(C(C)=NNc2cc(C)c3cc(C)cc(C)c3n2)cc1. The van der Waals surface area contributed by atoms with Crippen LogP contribution in [0, 0.1) is 20.8 Å². The van der Waals surface area contributed by atoms with E-state index < -0.39 is 10.0 Å². The van der Waals surface area contributed by atoms with Crippen LogP contribution >= 0.6 is 0 Å². The zero-order chi connectivity index (χ0) is 20.5. The van der Waals surface area contributed by atoms with Crippen LogP contribution in [0.4, 0.5) is 5.82 Å². The van der Waals surface area contributed by atoms with Crippen LogP contribution in [0.3, 0.4) is 0 Å². The maximum atomic E-state index is 11.8. The van der Waals surface area contributed by atoms with E-state index in [-0.39, 0.29) is 4.90 Å². The Morgan fingerprint density at radius 1 is 1.00 bits per heavy atom. The number of hydrazone groups is 1. The molecule has 0 aliphatic rings. The molecule has 2 N–H and O–H groups in total. The molecule has 0 saturated carbocycles. The van der Waals surface area contributed by atoms with Crippen LogP contribution in [0.2, 0.25) is 0 Å². The fourth-order valence-corrected chi connectivity index (χ4v) is 3.83. The largest absolute Gasteiger partial charge is 0.261 e. The molecule has 3 rings (SSSR count). The number of nitrogens with zero attached hydrogens (tertiary/aromatic N) is 2. The molecule has 0 fully saturated rings. The Morgan fingerprint density at radius 3 is 2.32 bits per heavy atom. The van der Waals surface area contributed by atoms with Crippen LogP contribution in [0.15, 0.2) is 52.5 Å². The first kappa shape index (κ1) is 20.0. The van der Waals surface area contributed by atoms with Gasteiger partial charge in [-0.3, -0.25) is 5.43 Å². The Morgan fingerprint density at radius 2 is 1.68 bits per heavy atom. The summed E-state index contributed by atoms with van der Waals surface area (Å²) in [6.07, 6.45) is 0. The summed E-state index contributed by atoms with van der Waals surface area (Å²) < 4.78 is 25.9. The Bertz CT molecular complexity index is 1170. The first-order valence-electron chi connectivity index (χ1n) is 8.94. The van der Waals surface area contributed by atoms with Crippen LogP contribution < -0.4 is 10.1 Å². The van der Waals surface area contributed by atoms with Crippen LogP contribution in [0.5, 0.6) is 0 Å². The van der Waals surface area contributed by atoms with Gasteiger partial charge in [0.05, 0.1) is 16.1 Å². The number of anilines is 1. The highest BCUT2D eigenvalue weighted by atomic mass is 32.2. The minimum Gasteiger partial charge on any atom is -0.261 e. The van der Waals surface area contributed by atoms with E-state index >= 15 is 0 Å². The van der Waals surface area contributed by atoms with E-state index in [1.807, 2.05) is 13.0 Å². The fourth-order valence-electron chi connectivity index (χ4n) is 3.10. The zero-order valence-electron chi connectivity index (χ0n) is 16.7. The lowest BCUT2D eigenvalue weighted by Gasteiger charge is -2.10. The quantitative estimate of drug-likeness (QED) is 0.506. The van der Waals surface area contributed by atoms with Gasteiger partial charge in [0.15, 0.2) is 0 Å². The summed E-state index contributed by atoms with van der Waals surface area (Å²) in [5.41, 5.74) is 9.01. The van der Waals surface area contributed by atoms with E-state index in [1.54, 1.807) is 24.3 Å². The van der Waals surface area contributed by atoms with Gasteiger partial charge in [0, 0.05) is 5.39 Å². The number of benzene rings is 2. The molecule has 3 aromatic rings. The Hall–Kier alpha value is -2.77. The van der Waals surface area contributed by atoms with Crippen molar-refractivity contribution in [3.05, 3.63) is 64.7 Å². The van der Waals surface area contributed by atoms with Gasteiger partial charge in [-0.2, -0.15) is 5.10 Å². The zero-order valence-corrected chi connectivity index (χ0v) is 17.5. The summed E-state index contributed by atoms with van der Waals surface area (Å²) in [6, 6.07) is 12.8. The number of fused-ring (bicyclic) bond motifs is 1. The standard InChI is InChI=1S/C21H24N4O2S/c1-13-10-15(3)21-19(11-13)14(2)12-20(23-21)25-24-16(4)17-6-8-18(9-7-17)28(26,27)22-5/h6-12,22H,1-5H3,(H,23,25). The van der Waals surface area contributed by atoms with E-state index in [4.69, 9.17) is 4.98 Å². The number of pyridine rings is 1. The van der Waals surface area contributed by atoms with Crippen LogP contribution in [0.1, 0.15) is 29.2 Å². The highest BCUT2D eigenvalue weighted by Crippen LogP contribution is 2.24. The molecule has 0 unspecified atom stereocenters. The molecule has 0 spiro atoms. The number of hydrogen-bond donors (Lipinski definition) is 2. The van der Waals surface area contributed by atoms with Crippen LogP contribution in [0.25, 0.3) is 10.9 Å². The molecule has 6 nitrogen and oxygen atoms in total. The molecule has 0 atom stereocenters. The predicted molar refractivity (Wildman–Crippen MR) is 114 cm³/mol. The van der Waals surface area contributed by atoms with Crippen LogP contribution in [-0.4, -0.2) is 26.2 Å². The number of aromatic nitrogens is 1. The molecule has 0 bridgehead atoms. The monoisotopic (exact) mass is 396 g/mol. The van der Waals surface area contributed by atoms with Gasteiger partial charge < -0.3 is 0 Å². The van der Waals surface area contributed by atoms with Crippen molar-refractivity contribution in [2.24, 2.45) is 5.10 Å². The summed E-state index contributed by atoms with van der Waals surface area (Å²) in [6.45, 7) is 8.06. The first-order valence-corrected chi connectivity index (χ1v) is 10.4. The molecule has 7 heteroatoms. The molecule has 1 heterocycles. The first-order chi connectivity index (χ1) is 13.2. The fraction of sp³-hybridized carbons (Fsp3) is 0.238. The van der Waals surface area contributed by atoms with E-state index in [9.17, 15) is 8.42 Å². The third-order valence-corrected chi connectivity index (χ3v) is 6.07. The maximum Gasteiger partial charge on any atom is 0.240 e. The summed E-state index contributed by atoms with van der Waals surface area (Å²) in [5.74, 6) is 0.672. The Kier molecular flexibility index (Phi) is 5.49. The van der Waals surface area contributed by atoms with Gasteiger partial charge >= 0.3 is 0 Å². The summed E-state index contributed by atoms with van der Waals surface area (Å²) in [7, 11) is -2.05. The predicted octanol–water partition coefficient (Wildman–Crippen LogP) is 3.90. The average Bonchev–Trinajstić information content (AvgIpc) is 2.67. The summed E-state index contributed by atoms with van der Waals surface area (Å²) in [4.78, 5) is 4.91. The van der Waals surface area contributed by atoms with Gasteiger partial charge in [0.2, 0.25) is 10.0 Å². The van der Waals surface area contributed by atoms with Crippen molar-refractivity contribution in [2.45, 2.75) is 32.6 Å². The van der Waals surface area contributed by atoms with Gasteiger partial charge in [-0.15, -0.1) is 0 Å². The number of hydrogen-bond acceptors (Lipinski definition) is 5. The third kappa shape index (κ3) is 4.05. The minimum atomic E-state index is -3.44. The number of rotatable bonds is 5. The lowest BCUT2D eigenvalue weighted by molar-refractivity contribution is 0.588. The van der Waals surface area contributed by atoms with Gasteiger partial charge in [-0.05, 0) is 75.7 Å². The van der Waals surface area contributed by atoms with Gasteiger partial charge in [0.25, 0.3) is 0 Å². The summed E-state index contributed by atoms with van der Waals surface area (Å²) >= 11 is 0. The van der Waals surface area contributed by atoms with Gasteiger partial charge in [0.1, 0.15) is 5.82 Å².